The van der Waals surface area contributed by atoms with Crippen LogP contribution in [-0.4, -0.2) is 7.11 Å². The lowest BCUT2D eigenvalue weighted by molar-refractivity contribution is 0.412. The van der Waals surface area contributed by atoms with Gasteiger partial charge in [-0.2, -0.15) is 0 Å². The van der Waals surface area contributed by atoms with Gasteiger partial charge in [-0.25, -0.2) is 4.39 Å². The standard InChI is InChI=1S/C15H16FNO2/c1-10(17)14-8-7-13(9-15(14)16)19-12-5-3-11(18-2)4-6-12/h3-10H,17H2,1-2H3. The summed E-state index contributed by atoms with van der Waals surface area (Å²) in [6.45, 7) is 1.74. The van der Waals surface area contributed by atoms with Gasteiger partial charge < -0.3 is 15.2 Å². The van der Waals surface area contributed by atoms with Crippen LogP contribution in [0, 0.1) is 5.82 Å². The molecule has 0 aliphatic rings. The first kappa shape index (κ1) is 13.4. The largest absolute Gasteiger partial charge is 0.497 e. The van der Waals surface area contributed by atoms with Crippen molar-refractivity contribution in [2.75, 3.05) is 7.11 Å². The summed E-state index contributed by atoms with van der Waals surface area (Å²) in [7, 11) is 1.60. The molecule has 0 spiro atoms. The Morgan fingerprint density at radius 3 is 2.11 bits per heavy atom. The highest BCUT2D eigenvalue weighted by atomic mass is 19.1. The predicted molar refractivity (Wildman–Crippen MR) is 72.1 cm³/mol. The van der Waals surface area contributed by atoms with Gasteiger partial charge >= 0.3 is 0 Å². The summed E-state index contributed by atoms with van der Waals surface area (Å²) in [6.07, 6.45) is 0. The molecule has 0 aromatic heterocycles. The van der Waals surface area contributed by atoms with Gasteiger partial charge in [0.2, 0.25) is 0 Å². The molecule has 4 heteroatoms. The fourth-order valence-corrected chi connectivity index (χ4v) is 1.72. The minimum Gasteiger partial charge on any atom is -0.497 e. The molecule has 0 radical (unpaired) electrons. The van der Waals surface area contributed by atoms with Crippen LogP contribution >= 0.6 is 0 Å². The lowest BCUT2D eigenvalue weighted by atomic mass is 10.1. The minimum atomic E-state index is -0.360. The Balaban J connectivity index is 2.16. The van der Waals surface area contributed by atoms with Crippen LogP contribution in [0.25, 0.3) is 0 Å². The van der Waals surface area contributed by atoms with E-state index in [1.54, 1.807) is 50.4 Å². The first-order valence-electron chi connectivity index (χ1n) is 5.97. The van der Waals surface area contributed by atoms with E-state index in [9.17, 15) is 4.39 Å². The van der Waals surface area contributed by atoms with E-state index in [1.165, 1.54) is 6.07 Å². The topological polar surface area (TPSA) is 44.5 Å². The van der Waals surface area contributed by atoms with Gasteiger partial charge in [0.25, 0.3) is 0 Å². The molecular weight excluding hydrogens is 245 g/mol. The second kappa shape index (κ2) is 5.71. The molecule has 2 aromatic carbocycles. The zero-order valence-corrected chi connectivity index (χ0v) is 10.9. The van der Waals surface area contributed by atoms with E-state index in [2.05, 4.69) is 0 Å². The molecule has 2 aromatic rings. The molecule has 0 saturated heterocycles. The maximum atomic E-state index is 13.7. The van der Waals surface area contributed by atoms with Gasteiger partial charge in [-0.3, -0.25) is 0 Å². The first-order chi connectivity index (χ1) is 9.10. The third-order valence-electron chi connectivity index (χ3n) is 2.76. The van der Waals surface area contributed by atoms with Crippen LogP contribution in [0.15, 0.2) is 42.5 Å². The molecular formula is C15H16FNO2. The SMILES string of the molecule is COc1ccc(Oc2ccc(C(C)N)c(F)c2)cc1. The Morgan fingerprint density at radius 2 is 1.58 bits per heavy atom. The molecule has 3 nitrogen and oxygen atoms in total. The maximum Gasteiger partial charge on any atom is 0.131 e. The Labute approximate surface area is 111 Å². The maximum absolute atomic E-state index is 13.7. The summed E-state index contributed by atoms with van der Waals surface area (Å²) in [6, 6.07) is 11.4. The summed E-state index contributed by atoms with van der Waals surface area (Å²) in [4.78, 5) is 0. The van der Waals surface area contributed by atoms with Crippen molar-refractivity contribution in [3.8, 4) is 17.2 Å². The molecule has 0 bridgehead atoms. The Bertz CT molecular complexity index is 553. The number of rotatable bonds is 4. The Kier molecular flexibility index (Phi) is 4.02. The summed E-state index contributed by atoms with van der Waals surface area (Å²) in [5.74, 6) is 1.44. The normalized spacial score (nSPS) is 12.0. The fraction of sp³-hybridized carbons (Fsp3) is 0.200. The zero-order valence-electron chi connectivity index (χ0n) is 10.9. The molecule has 0 fully saturated rings. The van der Waals surface area contributed by atoms with Gasteiger partial charge in [0.05, 0.1) is 7.11 Å². The second-order valence-electron chi connectivity index (χ2n) is 4.25. The number of nitrogens with two attached hydrogens (primary N) is 1. The molecule has 0 heterocycles. The number of ether oxygens (including phenoxy) is 2. The third-order valence-corrected chi connectivity index (χ3v) is 2.76. The highest BCUT2D eigenvalue weighted by Crippen LogP contribution is 2.26. The van der Waals surface area contributed by atoms with Crippen molar-refractivity contribution in [2.24, 2.45) is 5.73 Å². The monoisotopic (exact) mass is 261 g/mol. The number of hydrogen-bond acceptors (Lipinski definition) is 3. The number of methoxy groups -OCH3 is 1. The molecule has 1 unspecified atom stereocenters. The number of hydrogen-bond donors (Lipinski definition) is 1. The summed E-state index contributed by atoms with van der Waals surface area (Å²) in [5, 5.41) is 0. The van der Waals surface area contributed by atoms with Crippen LogP contribution in [0.1, 0.15) is 18.5 Å². The van der Waals surface area contributed by atoms with Crippen LogP contribution in [-0.2, 0) is 0 Å². The summed E-state index contributed by atoms with van der Waals surface area (Å²) < 4.78 is 24.4. The summed E-state index contributed by atoms with van der Waals surface area (Å²) >= 11 is 0. The van der Waals surface area contributed by atoms with E-state index in [0.717, 1.165) is 5.75 Å². The van der Waals surface area contributed by atoms with Crippen molar-refractivity contribution >= 4 is 0 Å². The number of benzene rings is 2. The van der Waals surface area contributed by atoms with E-state index in [4.69, 9.17) is 15.2 Å². The molecule has 1 atom stereocenters. The van der Waals surface area contributed by atoms with Gasteiger partial charge in [-0.1, -0.05) is 6.07 Å². The first-order valence-corrected chi connectivity index (χ1v) is 5.97. The molecule has 100 valence electrons. The van der Waals surface area contributed by atoms with E-state index < -0.39 is 0 Å². The van der Waals surface area contributed by atoms with Crippen molar-refractivity contribution in [2.45, 2.75) is 13.0 Å². The lowest BCUT2D eigenvalue weighted by Crippen LogP contribution is -2.07. The molecule has 0 aliphatic carbocycles. The van der Waals surface area contributed by atoms with Crippen LogP contribution in [0.3, 0.4) is 0 Å². The second-order valence-corrected chi connectivity index (χ2v) is 4.25. The van der Waals surface area contributed by atoms with E-state index in [1.807, 2.05) is 0 Å². The van der Waals surface area contributed by atoms with Crippen LogP contribution in [0.2, 0.25) is 0 Å². The Morgan fingerprint density at radius 1 is 1.00 bits per heavy atom. The van der Waals surface area contributed by atoms with Crippen molar-refractivity contribution in [1.82, 2.24) is 0 Å². The molecule has 2 N–H and O–H groups in total. The zero-order chi connectivity index (χ0) is 13.8. The van der Waals surface area contributed by atoms with Crippen molar-refractivity contribution in [1.29, 1.82) is 0 Å². The quantitative estimate of drug-likeness (QED) is 0.913. The average molecular weight is 261 g/mol. The minimum absolute atomic E-state index is 0.338. The van der Waals surface area contributed by atoms with E-state index in [-0.39, 0.29) is 11.9 Å². The predicted octanol–water partition coefficient (Wildman–Crippen LogP) is 3.65. The van der Waals surface area contributed by atoms with Gasteiger partial charge in [0.1, 0.15) is 23.1 Å². The highest BCUT2D eigenvalue weighted by molar-refractivity contribution is 5.37. The van der Waals surface area contributed by atoms with Crippen LogP contribution < -0.4 is 15.2 Å². The fourth-order valence-electron chi connectivity index (χ4n) is 1.72. The van der Waals surface area contributed by atoms with Crippen molar-refractivity contribution in [3.63, 3.8) is 0 Å². The molecule has 0 aliphatic heterocycles. The molecule has 0 saturated carbocycles. The van der Waals surface area contributed by atoms with E-state index >= 15 is 0 Å². The number of halogens is 1. The van der Waals surface area contributed by atoms with Gasteiger partial charge in [0.15, 0.2) is 0 Å². The molecule has 0 amide bonds. The smallest absolute Gasteiger partial charge is 0.131 e. The van der Waals surface area contributed by atoms with Gasteiger partial charge in [-0.05, 0) is 37.3 Å². The van der Waals surface area contributed by atoms with Crippen molar-refractivity contribution < 1.29 is 13.9 Å². The molecule has 2 rings (SSSR count). The highest BCUT2D eigenvalue weighted by Gasteiger charge is 2.08. The van der Waals surface area contributed by atoms with Crippen LogP contribution in [0.5, 0.6) is 17.2 Å². The summed E-state index contributed by atoms with van der Waals surface area (Å²) in [5.41, 5.74) is 6.13. The van der Waals surface area contributed by atoms with Crippen LogP contribution in [0.4, 0.5) is 4.39 Å². The average Bonchev–Trinajstić information content (AvgIpc) is 2.39. The third kappa shape index (κ3) is 3.23. The van der Waals surface area contributed by atoms with Gasteiger partial charge in [-0.15, -0.1) is 0 Å². The lowest BCUT2D eigenvalue weighted by Gasteiger charge is -2.10. The molecule has 19 heavy (non-hydrogen) atoms. The van der Waals surface area contributed by atoms with Gasteiger partial charge in [0, 0.05) is 17.7 Å². The Hall–Kier alpha value is -2.07. The van der Waals surface area contributed by atoms with Crippen molar-refractivity contribution in [3.05, 3.63) is 53.8 Å². The van der Waals surface area contributed by atoms with E-state index in [0.29, 0.717) is 17.1 Å².